The van der Waals surface area contributed by atoms with E-state index in [0.717, 1.165) is 12.3 Å². The summed E-state index contributed by atoms with van der Waals surface area (Å²) in [6.07, 6.45) is 1.17. The number of likely N-dealkylation sites (tertiary alicyclic amines) is 1. The molecule has 3 heteroatoms. The first-order valence-corrected chi connectivity index (χ1v) is 5.78. The van der Waals surface area contributed by atoms with Crippen molar-refractivity contribution in [3.8, 4) is 11.5 Å². The Morgan fingerprint density at radius 2 is 2.31 bits per heavy atom. The summed E-state index contributed by atoms with van der Waals surface area (Å²) in [4.78, 5) is 2.38. The molecule has 0 aliphatic carbocycles. The Kier molecular flexibility index (Phi) is 1.96. The molecule has 2 aliphatic rings. The highest BCUT2D eigenvalue weighted by Crippen LogP contribution is 2.48. The van der Waals surface area contributed by atoms with Gasteiger partial charge in [0.2, 0.25) is 0 Å². The second kappa shape index (κ2) is 3.14. The van der Waals surface area contributed by atoms with Crippen LogP contribution in [0.1, 0.15) is 24.8 Å². The summed E-state index contributed by atoms with van der Waals surface area (Å²) < 4.78 is 5.79. The molecule has 1 aromatic carbocycles. The topological polar surface area (TPSA) is 32.7 Å². The van der Waals surface area contributed by atoms with E-state index in [-0.39, 0.29) is 11.3 Å². The van der Waals surface area contributed by atoms with Crippen LogP contribution in [0.4, 0.5) is 0 Å². The molecule has 1 N–H and O–H groups in total. The number of likely N-dealkylation sites (N-methyl/N-ethyl adjacent to an activating group) is 1. The molecule has 1 saturated heterocycles. The van der Waals surface area contributed by atoms with Gasteiger partial charge >= 0.3 is 0 Å². The van der Waals surface area contributed by atoms with E-state index in [0.29, 0.717) is 12.5 Å². The van der Waals surface area contributed by atoms with Crippen LogP contribution < -0.4 is 4.74 Å². The molecular weight excluding hydrogens is 202 g/mol. The number of fused-ring (bicyclic) bond motifs is 3. The van der Waals surface area contributed by atoms with Gasteiger partial charge in [-0.3, -0.25) is 4.90 Å². The number of hydrogen-bond acceptors (Lipinski definition) is 3. The Labute approximate surface area is 95.6 Å². The van der Waals surface area contributed by atoms with E-state index in [1.54, 1.807) is 12.1 Å². The molecule has 3 nitrogen and oxygen atoms in total. The molecule has 0 amide bonds. The van der Waals surface area contributed by atoms with Gasteiger partial charge in [0.05, 0.1) is 5.54 Å². The minimum atomic E-state index is 0.115. The van der Waals surface area contributed by atoms with Crippen molar-refractivity contribution >= 4 is 0 Å². The van der Waals surface area contributed by atoms with Gasteiger partial charge in [0.25, 0.3) is 0 Å². The maximum Gasteiger partial charge on any atom is 0.126 e. The predicted molar refractivity (Wildman–Crippen MR) is 62.0 cm³/mol. The van der Waals surface area contributed by atoms with Gasteiger partial charge in [0, 0.05) is 12.0 Å². The Bertz CT molecular complexity index is 432. The highest BCUT2D eigenvalue weighted by Gasteiger charge is 2.47. The minimum absolute atomic E-state index is 0.115. The number of ether oxygens (including phenoxy) is 1. The first kappa shape index (κ1) is 9.97. The van der Waals surface area contributed by atoms with Crippen LogP contribution in [0.5, 0.6) is 11.5 Å². The molecule has 1 aromatic rings. The number of benzene rings is 1. The zero-order valence-corrected chi connectivity index (χ0v) is 9.73. The lowest BCUT2D eigenvalue weighted by Crippen LogP contribution is -2.49. The van der Waals surface area contributed by atoms with E-state index in [2.05, 4.69) is 18.9 Å². The van der Waals surface area contributed by atoms with Crippen molar-refractivity contribution in [1.82, 2.24) is 4.90 Å². The fourth-order valence-electron chi connectivity index (χ4n) is 3.02. The van der Waals surface area contributed by atoms with E-state index in [1.807, 2.05) is 6.07 Å². The molecule has 0 radical (unpaired) electrons. The average Bonchev–Trinajstić information content (AvgIpc) is 2.56. The van der Waals surface area contributed by atoms with Crippen LogP contribution in [-0.2, 0) is 0 Å². The van der Waals surface area contributed by atoms with Crippen LogP contribution in [0.25, 0.3) is 0 Å². The van der Waals surface area contributed by atoms with Gasteiger partial charge in [-0.1, -0.05) is 6.07 Å². The normalized spacial score (nSPS) is 33.0. The quantitative estimate of drug-likeness (QED) is 0.724. The van der Waals surface area contributed by atoms with Gasteiger partial charge < -0.3 is 9.84 Å². The van der Waals surface area contributed by atoms with Crippen LogP contribution in [0.3, 0.4) is 0 Å². The zero-order valence-electron chi connectivity index (χ0n) is 9.73. The van der Waals surface area contributed by atoms with E-state index in [9.17, 15) is 5.11 Å². The second-order valence-corrected chi connectivity index (χ2v) is 5.13. The molecular formula is C13H17NO2. The number of nitrogens with zero attached hydrogens (tertiary/aromatic N) is 1. The van der Waals surface area contributed by atoms with Crippen molar-refractivity contribution in [2.24, 2.45) is 0 Å². The van der Waals surface area contributed by atoms with Gasteiger partial charge in [0.15, 0.2) is 0 Å². The van der Waals surface area contributed by atoms with Crippen LogP contribution in [-0.4, -0.2) is 35.7 Å². The highest BCUT2D eigenvalue weighted by atomic mass is 16.5. The third-order valence-electron chi connectivity index (χ3n) is 4.27. The lowest BCUT2D eigenvalue weighted by Gasteiger charge is -2.41. The third kappa shape index (κ3) is 1.18. The van der Waals surface area contributed by atoms with E-state index in [1.165, 1.54) is 12.0 Å². The lowest BCUT2D eigenvalue weighted by atomic mass is 9.80. The summed E-state index contributed by atoms with van der Waals surface area (Å²) in [6.45, 7) is 4.09. The summed E-state index contributed by atoms with van der Waals surface area (Å²) in [7, 11) is 2.16. The molecule has 2 atom stereocenters. The molecule has 16 heavy (non-hydrogen) atoms. The molecule has 2 heterocycles. The standard InChI is InChI=1S/C13H17NO2/c1-13-8-16-12-7-9(15)3-4-10(12)11(13)5-6-14(13)2/h3-4,7,11,15H,5-6,8H2,1-2H3/t11-,13+/m0/s1. The highest BCUT2D eigenvalue weighted by molar-refractivity contribution is 5.46. The Balaban J connectivity index is 2.08. The number of phenolic OH excluding ortho intramolecular Hbond substituents is 1. The van der Waals surface area contributed by atoms with Gasteiger partial charge in [0.1, 0.15) is 18.1 Å². The van der Waals surface area contributed by atoms with Crippen LogP contribution in [0.2, 0.25) is 0 Å². The Hall–Kier alpha value is -1.22. The maximum absolute atomic E-state index is 9.45. The van der Waals surface area contributed by atoms with Gasteiger partial charge in [-0.2, -0.15) is 0 Å². The number of rotatable bonds is 0. The maximum atomic E-state index is 9.45. The van der Waals surface area contributed by atoms with Crippen molar-refractivity contribution in [3.05, 3.63) is 23.8 Å². The Morgan fingerprint density at radius 3 is 3.12 bits per heavy atom. The average molecular weight is 219 g/mol. The molecule has 0 aromatic heterocycles. The monoisotopic (exact) mass is 219 g/mol. The SMILES string of the molecule is CN1CC[C@H]2c3ccc(O)cc3OC[C@]21C. The second-order valence-electron chi connectivity index (χ2n) is 5.13. The largest absolute Gasteiger partial charge is 0.508 e. The molecule has 3 rings (SSSR count). The molecule has 86 valence electrons. The van der Waals surface area contributed by atoms with Gasteiger partial charge in [-0.15, -0.1) is 0 Å². The summed E-state index contributed by atoms with van der Waals surface area (Å²) in [5.74, 6) is 1.67. The number of aromatic hydroxyl groups is 1. The van der Waals surface area contributed by atoms with E-state index in [4.69, 9.17) is 4.74 Å². The summed E-state index contributed by atoms with van der Waals surface area (Å²) in [5.41, 5.74) is 1.36. The summed E-state index contributed by atoms with van der Waals surface area (Å²) >= 11 is 0. The molecule has 0 bridgehead atoms. The summed E-state index contributed by atoms with van der Waals surface area (Å²) in [5, 5.41) is 9.45. The fraction of sp³-hybridized carbons (Fsp3) is 0.538. The fourth-order valence-corrected chi connectivity index (χ4v) is 3.02. The van der Waals surface area contributed by atoms with Crippen LogP contribution in [0, 0.1) is 0 Å². The first-order chi connectivity index (χ1) is 7.61. The third-order valence-corrected chi connectivity index (χ3v) is 4.27. The van der Waals surface area contributed by atoms with Crippen molar-refractivity contribution in [3.63, 3.8) is 0 Å². The lowest BCUT2D eigenvalue weighted by molar-refractivity contribution is 0.0834. The molecule has 0 unspecified atom stereocenters. The first-order valence-electron chi connectivity index (χ1n) is 5.78. The van der Waals surface area contributed by atoms with Gasteiger partial charge in [-0.25, -0.2) is 0 Å². The molecule has 2 aliphatic heterocycles. The van der Waals surface area contributed by atoms with Gasteiger partial charge in [-0.05, 0) is 38.6 Å². The minimum Gasteiger partial charge on any atom is -0.508 e. The molecule has 1 fully saturated rings. The zero-order chi connectivity index (χ0) is 11.3. The number of phenols is 1. The van der Waals surface area contributed by atoms with E-state index < -0.39 is 0 Å². The van der Waals surface area contributed by atoms with Crippen molar-refractivity contribution < 1.29 is 9.84 Å². The molecule has 0 spiro atoms. The molecule has 0 saturated carbocycles. The van der Waals surface area contributed by atoms with Crippen molar-refractivity contribution in [2.45, 2.75) is 24.8 Å². The van der Waals surface area contributed by atoms with Crippen molar-refractivity contribution in [2.75, 3.05) is 20.2 Å². The predicted octanol–water partition coefficient (Wildman–Crippen LogP) is 1.96. The van der Waals surface area contributed by atoms with Crippen LogP contribution >= 0.6 is 0 Å². The smallest absolute Gasteiger partial charge is 0.126 e. The number of hydrogen-bond donors (Lipinski definition) is 1. The van der Waals surface area contributed by atoms with Crippen LogP contribution in [0.15, 0.2) is 18.2 Å². The van der Waals surface area contributed by atoms with E-state index >= 15 is 0 Å². The summed E-state index contributed by atoms with van der Waals surface area (Å²) in [6, 6.07) is 5.49. The Morgan fingerprint density at radius 1 is 1.50 bits per heavy atom. The van der Waals surface area contributed by atoms with Crippen molar-refractivity contribution in [1.29, 1.82) is 0 Å².